The van der Waals surface area contributed by atoms with Gasteiger partial charge >= 0.3 is 0 Å². The standard InChI is InChI=1S/C46H62N7O7PSi/c1-31(2)53(32(3)4)61(57-27-15-26-47)59-40-38(58-44(41(40)60-62(10,11)45(5,6)7)52-30-51-39-42(48)49-29-50-43(39)52)28-56-46(33-16-13-12-14-17-33,34-18-22-36(54-8)23-19-34)35-20-24-37(55-9)25-21-35/h12-14,16-25,29-32,38,40-41,44H,15,27-28H2,1-11H3,(H2,48,49,50). The van der Waals surface area contributed by atoms with Gasteiger partial charge in [-0.3, -0.25) is 4.57 Å². The highest BCUT2D eigenvalue weighted by molar-refractivity contribution is 7.44. The molecule has 5 aromatic rings. The molecule has 1 saturated heterocycles. The lowest BCUT2D eigenvalue weighted by molar-refractivity contribution is -0.0926. The Morgan fingerprint density at radius 1 is 0.855 bits per heavy atom. The van der Waals surface area contributed by atoms with Gasteiger partial charge in [-0.2, -0.15) is 5.26 Å². The summed E-state index contributed by atoms with van der Waals surface area (Å²) in [6.45, 7) is 19.7. The first-order valence-corrected chi connectivity index (χ1v) is 25.1. The van der Waals surface area contributed by atoms with Crippen LogP contribution in [0.3, 0.4) is 0 Å². The van der Waals surface area contributed by atoms with Gasteiger partial charge in [-0.1, -0.05) is 75.4 Å². The Balaban J connectivity index is 1.55. The molecule has 0 radical (unpaired) electrons. The van der Waals surface area contributed by atoms with E-state index >= 15 is 0 Å². The van der Waals surface area contributed by atoms with Gasteiger partial charge in [0.15, 0.2) is 26.0 Å². The number of hydrogen-bond donors (Lipinski definition) is 1. The minimum atomic E-state index is -2.57. The Morgan fingerprint density at radius 2 is 1.44 bits per heavy atom. The largest absolute Gasteiger partial charge is 0.497 e. The van der Waals surface area contributed by atoms with Crippen LogP contribution < -0.4 is 15.2 Å². The van der Waals surface area contributed by atoms with Crippen LogP contribution >= 0.6 is 8.53 Å². The van der Waals surface area contributed by atoms with Crippen molar-refractivity contribution in [3.05, 3.63) is 108 Å². The second kappa shape index (κ2) is 19.9. The van der Waals surface area contributed by atoms with E-state index in [1.54, 1.807) is 20.5 Å². The molecule has 1 fully saturated rings. The van der Waals surface area contributed by atoms with Crippen LogP contribution in [-0.2, 0) is 28.5 Å². The van der Waals surface area contributed by atoms with E-state index in [2.05, 4.69) is 99.4 Å². The molecule has 6 rings (SSSR count). The summed E-state index contributed by atoms with van der Waals surface area (Å²) in [6, 6.07) is 28.3. The summed E-state index contributed by atoms with van der Waals surface area (Å²) in [6.07, 6.45) is 0.335. The molecule has 0 amide bonds. The number of nitriles is 1. The van der Waals surface area contributed by atoms with E-state index in [4.69, 9.17) is 38.2 Å². The highest BCUT2D eigenvalue weighted by Gasteiger charge is 2.54. The SMILES string of the molecule is COc1ccc(C(OCC2OC(n3cnc4c(N)ncnc43)C(O[Si](C)(C)C(C)(C)C)C2OP(OCCC#N)N(C(C)C)C(C)C)(c2ccccc2)c2ccc(OC)cc2)cc1. The minimum Gasteiger partial charge on any atom is -0.497 e. The maximum absolute atomic E-state index is 9.57. The van der Waals surface area contributed by atoms with Gasteiger partial charge in [0, 0.05) is 12.1 Å². The van der Waals surface area contributed by atoms with E-state index in [0.717, 1.165) is 16.7 Å². The number of anilines is 1. The molecule has 0 bridgehead atoms. The fourth-order valence-electron chi connectivity index (χ4n) is 7.57. The van der Waals surface area contributed by atoms with E-state index < -0.39 is 47.0 Å². The van der Waals surface area contributed by atoms with Gasteiger partial charge < -0.3 is 38.2 Å². The summed E-state index contributed by atoms with van der Waals surface area (Å²) in [7, 11) is -1.03. The highest BCUT2D eigenvalue weighted by atomic mass is 31.2. The number of imidazole rings is 1. The third kappa shape index (κ3) is 9.83. The first kappa shape index (κ1) is 47.0. The topological polar surface area (TPSA) is 161 Å². The first-order chi connectivity index (χ1) is 29.6. The summed E-state index contributed by atoms with van der Waals surface area (Å²) in [5.41, 5.74) is 8.78. The lowest BCUT2D eigenvalue weighted by Crippen LogP contribution is -2.50. The van der Waals surface area contributed by atoms with E-state index in [1.165, 1.54) is 6.33 Å². The Bertz CT molecular complexity index is 2190. The van der Waals surface area contributed by atoms with Crippen LogP contribution in [0.1, 0.15) is 77.8 Å². The molecule has 332 valence electrons. The molecule has 5 atom stereocenters. The van der Waals surface area contributed by atoms with Crippen molar-refractivity contribution in [1.82, 2.24) is 24.2 Å². The summed E-state index contributed by atoms with van der Waals surface area (Å²) in [5.74, 6) is 1.69. The van der Waals surface area contributed by atoms with Crippen molar-refractivity contribution in [2.45, 2.75) is 115 Å². The van der Waals surface area contributed by atoms with Gasteiger partial charge in [-0.05, 0) is 86.8 Å². The predicted molar refractivity (Wildman–Crippen MR) is 244 cm³/mol. The van der Waals surface area contributed by atoms with Gasteiger partial charge in [0.2, 0.25) is 0 Å². The summed E-state index contributed by atoms with van der Waals surface area (Å²) >= 11 is 0. The van der Waals surface area contributed by atoms with Crippen LogP contribution in [-0.4, -0.2) is 90.3 Å². The normalized spacial score (nSPS) is 19.0. The Morgan fingerprint density at radius 3 is 1.97 bits per heavy atom. The van der Waals surface area contributed by atoms with Crippen LogP contribution in [0.5, 0.6) is 11.5 Å². The number of nitrogens with zero attached hydrogens (tertiary/aromatic N) is 6. The predicted octanol–water partition coefficient (Wildman–Crippen LogP) is 9.38. The molecular formula is C46H62N7O7PSi. The number of hydrogen-bond acceptors (Lipinski definition) is 13. The molecule has 62 heavy (non-hydrogen) atoms. The average molecular weight is 884 g/mol. The third-order valence-electron chi connectivity index (χ3n) is 11.7. The molecule has 0 aliphatic carbocycles. The van der Waals surface area contributed by atoms with Gasteiger partial charge in [-0.25, -0.2) is 19.6 Å². The molecule has 0 saturated carbocycles. The maximum atomic E-state index is 9.57. The number of nitrogen functional groups attached to an aromatic ring is 1. The van der Waals surface area contributed by atoms with Crippen molar-refractivity contribution in [1.29, 1.82) is 5.26 Å². The van der Waals surface area contributed by atoms with Crippen molar-refractivity contribution in [2.24, 2.45) is 0 Å². The van der Waals surface area contributed by atoms with Crippen LogP contribution in [0.2, 0.25) is 18.1 Å². The maximum Gasteiger partial charge on any atom is 0.259 e. The molecule has 5 unspecified atom stereocenters. The van der Waals surface area contributed by atoms with Crippen molar-refractivity contribution in [3.63, 3.8) is 0 Å². The van der Waals surface area contributed by atoms with E-state index in [9.17, 15) is 5.26 Å². The summed E-state index contributed by atoms with van der Waals surface area (Å²) < 4.78 is 51.4. The quantitative estimate of drug-likeness (QED) is 0.0362. The van der Waals surface area contributed by atoms with E-state index in [0.29, 0.717) is 22.7 Å². The van der Waals surface area contributed by atoms with Gasteiger partial charge in [-0.15, -0.1) is 0 Å². The molecule has 2 aromatic heterocycles. The second-order valence-corrected chi connectivity index (χ2v) is 23.6. The fraction of sp³-hybridized carbons (Fsp3) is 0.478. The van der Waals surface area contributed by atoms with Crippen LogP contribution in [0.4, 0.5) is 5.82 Å². The number of aromatic nitrogens is 4. The van der Waals surface area contributed by atoms with Crippen molar-refractivity contribution in [3.8, 4) is 17.6 Å². The molecule has 0 spiro atoms. The Hall–Kier alpha value is -4.49. The third-order valence-corrected chi connectivity index (χ3v) is 18.3. The Kier molecular flexibility index (Phi) is 15.1. The molecule has 14 nitrogen and oxygen atoms in total. The summed E-state index contributed by atoms with van der Waals surface area (Å²) in [4.78, 5) is 13.5. The molecule has 3 aromatic carbocycles. The zero-order valence-corrected chi connectivity index (χ0v) is 39.7. The van der Waals surface area contributed by atoms with E-state index in [1.807, 2.05) is 71.3 Å². The first-order valence-electron chi connectivity index (χ1n) is 21.1. The van der Waals surface area contributed by atoms with Gasteiger partial charge in [0.1, 0.15) is 47.3 Å². The molecule has 1 aliphatic heterocycles. The van der Waals surface area contributed by atoms with Gasteiger partial charge in [0.05, 0.1) is 46.3 Å². The number of benzene rings is 3. The fourth-order valence-corrected chi connectivity index (χ4v) is 10.6. The monoisotopic (exact) mass is 883 g/mol. The molecule has 1 aliphatic rings. The smallest absolute Gasteiger partial charge is 0.259 e. The number of rotatable bonds is 19. The molecule has 3 heterocycles. The Labute approximate surface area is 368 Å². The van der Waals surface area contributed by atoms with Crippen LogP contribution in [0.25, 0.3) is 11.2 Å². The number of ether oxygens (including phenoxy) is 4. The molecular weight excluding hydrogens is 822 g/mol. The summed E-state index contributed by atoms with van der Waals surface area (Å²) in [5, 5.41) is 9.39. The lowest BCUT2D eigenvalue weighted by atomic mass is 9.80. The van der Waals surface area contributed by atoms with Crippen molar-refractivity contribution in [2.75, 3.05) is 33.2 Å². The highest BCUT2D eigenvalue weighted by Crippen LogP contribution is 2.53. The van der Waals surface area contributed by atoms with Crippen molar-refractivity contribution >= 4 is 33.8 Å². The van der Waals surface area contributed by atoms with Gasteiger partial charge in [0.25, 0.3) is 8.53 Å². The molecule has 16 heteroatoms. The lowest BCUT2D eigenvalue weighted by Gasteiger charge is -2.42. The number of methoxy groups -OCH3 is 2. The zero-order valence-electron chi connectivity index (χ0n) is 37.8. The van der Waals surface area contributed by atoms with Crippen molar-refractivity contribution < 1.29 is 32.4 Å². The van der Waals surface area contributed by atoms with Crippen LogP contribution in [0.15, 0.2) is 91.5 Å². The number of fused-ring (bicyclic) bond motifs is 1. The second-order valence-electron chi connectivity index (χ2n) is 17.4. The average Bonchev–Trinajstić information content (AvgIpc) is 3.82. The van der Waals surface area contributed by atoms with E-state index in [-0.39, 0.29) is 42.6 Å². The number of nitrogens with two attached hydrogens (primary N) is 1. The molecule has 2 N–H and O–H groups in total. The minimum absolute atomic E-state index is 0.0416. The van der Waals surface area contributed by atoms with Crippen LogP contribution in [0, 0.1) is 11.3 Å². The zero-order chi connectivity index (χ0) is 44.8.